The zero-order chi connectivity index (χ0) is 78.6. The van der Waals surface area contributed by atoms with Crippen LogP contribution in [-0.2, 0) is 5.41 Å². The zero-order valence-electron chi connectivity index (χ0n) is 73.4. The summed E-state index contributed by atoms with van der Waals surface area (Å²) < 4.78 is 385. The summed E-state index contributed by atoms with van der Waals surface area (Å²) >= 11 is 0.470. The van der Waals surface area contributed by atoms with E-state index < -0.39 is 363 Å². The number of hydrogen-bond donors (Lipinski definition) is 0. The van der Waals surface area contributed by atoms with Crippen molar-refractivity contribution in [3.8, 4) is 33.4 Å². The molecule has 304 valence electrons. The third-order valence-corrected chi connectivity index (χ3v) is 11.8. The molecule has 65 heavy (non-hydrogen) atoms. The molecule has 0 aliphatic heterocycles. The molecule has 12 aromatic rings. The van der Waals surface area contributed by atoms with Crippen molar-refractivity contribution in [2.24, 2.45) is 0 Å². The summed E-state index contributed by atoms with van der Waals surface area (Å²) in [5, 5.41) is -4.32. The number of nitrogens with zero attached hydrogens (tertiary/aromatic N) is 1. The quantitative estimate of drug-likeness (QED) is 0.154. The molecule has 1 heterocycles. The summed E-state index contributed by atoms with van der Waals surface area (Å²) in [6.07, 6.45) is 0. The number of anilines is 3. The molecule has 0 unspecified atom stereocenters. The topological polar surface area (TPSA) is 3.24 Å². The molecule has 1 aromatic heterocycles. The molecular weight excluding hydrogens is 803 g/mol. The average Bonchev–Trinajstić information content (AvgIpc) is 1.48. The Morgan fingerprint density at radius 1 is 0.354 bits per heavy atom. The zero-order valence-corrected chi connectivity index (χ0v) is 33.2. The minimum atomic E-state index is -3.59. The summed E-state index contributed by atoms with van der Waals surface area (Å²) in [5.41, 5.74) is -18.5. The van der Waals surface area contributed by atoms with Gasteiger partial charge in [0.25, 0.3) is 0 Å². The molecule has 0 spiro atoms. The molecule has 1 aliphatic carbocycles. The highest BCUT2D eigenvalue weighted by atomic mass is 32.1. The van der Waals surface area contributed by atoms with E-state index in [0.29, 0.717) is 11.3 Å². The van der Waals surface area contributed by atoms with Crippen molar-refractivity contribution in [1.82, 2.24) is 0 Å². The molecule has 11 aromatic carbocycles. The molecule has 2 heteroatoms. The Morgan fingerprint density at radius 2 is 0.908 bits per heavy atom. The van der Waals surface area contributed by atoms with Crippen LogP contribution in [0.4, 0.5) is 17.1 Å². The fraction of sp³-hybridized carbons (Fsp3) is 0.0159. The van der Waals surface area contributed by atoms with Gasteiger partial charge in [0.15, 0.2) is 0 Å². The van der Waals surface area contributed by atoms with E-state index in [1.807, 2.05) is 0 Å². The summed E-state index contributed by atoms with van der Waals surface area (Å²) in [5.74, 6) is 0. The Bertz CT molecular complexity index is 6080. The van der Waals surface area contributed by atoms with Gasteiger partial charge in [-0.15, -0.1) is 11.3 Å². The van der Waals surface area contributed by atoms with Crippen LogP contribution in [0.15, 0.2) is 248 Å². The fourth-order valence-electron chi connectivity index (χ4n) is 7.99. The molecule has 0 bridgehead atoms. The van der Waals surface area contributed by atoms with Gasteiger partial charge in [-0.05, 0) is 114 Å². The summed E-state index contributed by atoms with van der Waals surface area (Å²) in [7, 11) is 0. The maximum Gasteiger partial charge on any atom is 0.0714 e. The van der Waals surface area contributed by atoms with E-state index in [9.17, 15) is 30.2 Å². The third kappa shape index (κ3) is 5.85. The number of fused-ring (bicyclic) bond motifs is 8. The Balaban J connectivity index is 1.29. The lowest BCUT2D eigenvalue weighted by atomic mass is 9.67. The van der Waals surface area contributed by atoms with Crippen LogP contribution in [0.1, 0.15) is 78.5 Å². The van der Waals surface area contributed by atoms with Crippen LogP contribution in [0, 0.1) is 0 Å². The van der Waals surface area contributed by atoms with E-state index in [1.165, 1.54) is 0 Å². The van der Waals surface area contributed by atoms with Crippen LogP contribution in [0.5, 0.6) is 0 Å². The van der Waals surface area contributed by atoms with Crippen LogP contribution >= 0.6 is 11.3 Å². The number of thiophene rings is 1. The van der Waals surface area contributed by atoms with Gasteiger partial charge in [0.2, 0.25) is 0 Å². The fourth-order valence-corrected chi connectivity index (χ4v) is 9.06. The van der Waals surface area contributed by atoms with E-state index in [2.05, 4.69) is 0 Å². The summed E-state index contributed by atoms with van der Waals surface area (Å²) in [6, 6.07) is -48.9. The standard InChI is InChI=1S/C63H41NS/c1-3-19-46(20-4-1)63(47-21-5-2-6-22-47)58-28-13-11-24-53(58)54-39-37-50(41-59(54)63)64(49-36-30-42-16-7-8-18-45(42)40-49)48-34-31-44(32-35-48)52-38-33-43-17-9-10-23-51(43)61(52)57-27-15-26-56-55-25-12-14-29-60(55)65-62(56)57/h1-41H/i1D,2D,3D,4D,5D,6D,7D,8D,9D,10D,11D,12D,13D,14D,15D,16D,17D,18D,19D,20D,21D,22D,23D,24D,25D,26D,27D,28D,29D,30D,31D,32D,33D,34D,35D,36D,37D,38D,39D,40D,41D. The molecule has 13 rings (SSSR count). The van der Waals surface area contributed by atoms with Crippen molar-refractivity contribution < 1.29 is 56.2 Å². The van der Waals surface area contributed by atoms with Crippen LogP contribution in [0.25, 0.3) is 75.1 Å². The highest BCUT2D eigenvalue weighted by Crippen LogP contribution is 2.57. The Kier molecular flexibility index (Phi) is 3.42. The molecule has 0 radical (unpaired) electrons. The molecule has 0 atom stereocenters. The van der Waals surface area contributed by atoms with Crippen molar-refractivity contribution >= 4 is 70.1 Å². The van der Waals surface area contributed by atoms with Crippen molar-refractivity contribution in [3.05, 3.63) is 270 Å². The Labute approximate surface area is 440 Å². The molecule has 1 nitrogen and oxygen atoms in total. The number of benzene rings is 11. The highest BCUT2D eigenvalue weighted by molar-refractivity contribution is 7.26. The van der Waals surface area contributed by atoms with Crippen LogP contribution in [0.3, 0.4) is 0 Å². The SMILES string of the molecule is [2H]c1c([2H])c([2H])c(C2(c3c([2H])c([2H])c([2H])c([2H])c3[2H])c3c([2H])c([2H])c([2H])c([2H])c3-c3c([2H])c([2H])c(N(c4c([2H])c([2H])c(-c5c([2H])c([2H])c6c([2H])c([2H])c([2H])c([2H])c6c5-c5c([2H])c([2H])c([2H])c6c5sc5c([2H])c([2H])c([2H])c([2H])c56)c([2H])c4[2H])c4c([2H])c([2H])c5c([2H])c([2H])c([2H])c([2H])c5c4[2H])c([2H])c32)c([2H])c1[2H]. The first-order valence-corrected chi connectivity index (χ1v) is 19.9. The van der Waals surface area contributed by atoms with Gasteiger partial charge >= 0.3 is 0 Å². The van der Waals surface area contributed by atoms with Crippen LogP contribution in [0.2, 0.25) is 0 Å². The third-order valence-electron chi connectivity index (χ3n) is 10.7. The maximum absolute atomic E-state index is 10.8. The van der Waals surface area contributed by atoms with Gasteiger partial charge in [-0.3, -0.25) is 0 Å². The highest BCUT2D eigenvalue weighted by Gasteiger charge is 2.46. The second-order valence-corrected chi connectivity index (χ2v) is 15.0. The first kappa shape index (κ1) is 14.8. The Morgan fingerprint density at radius 3 is 1.71 bits per heavy atom. The van der Waals surface area contributed by atoms with E-state index in [1.54, 1.807) is 0 Å². The van der Waals surface area contributed by atoms with Gasteiger partial charge in [0, 0.05) is 42.8 Å². The summed E-state index contributed by atoms with van der Waals surface area (Å²) in [4.78, 5) is 0.166. The molecule has 0 saturated carbocycles. The van der Waals surface area contributed by atoms with Crippen LogP contribution in [-0.4, -0.2) is 0 Å². The van der Waals surface area contributed by atoms with Gasteiger partial charge in [0.05, 0.1) is 61.6 Å². The van der Waals surface area contributed by atoms with E-state index in [0.717, 1.165) is 0 Å². The Hall–Kier alpha value is -8.04. The second-order valence-electron chi connectivity index (χ2n) is 14.0. The monoisotopic (exact) mass is 885 g/mol. The van der Waals surface area contributed by atoms with Crippen molar-refractivity contribution in [1.29, 1.82) is 0 Å². The van der Waals surface area contributed by atoms with Gasteiger partial charge < -0.3 is 4.90 Å². The minimum absolute atomic E-state index is 0.166. The van der Waals surface area contributed by atoms with Gasteiger partial charge in [-0.25, -0.2) is 0 Å². The van der Waals surface area contributed by atoms with Crippen molar-refractivity contribution in [3.63, 3.8) is 0 Å². The first-order valence-electron chi connectivity index (χ1n) is 39.6. The second kappa shape index (κ2) is 15.1. The van der Waals surface area contributed by atoms with Crippen LogP contribution < -0.4 is 4.90 Å². The van der Waals surface area contributed by atoms with Gasteiger partial charge in [-0.2, -0.15) is 0 Å². The summed E-state index contributed by atoms with van der Waals surface area (Å²) in [6.45, 7) is 0. The van der Waals surface area contributed by atoms with Gasteiger partial charge in [-0.1, -0.05) is 205 Å². The molecule has 0 N–H and O–H groups in total. The predicted octanol–water partition coefficient (Wildman–Crippen LogP) is 17.5. The predicted molar refractivity (Wildman–Crippen MR) is 277 cm³/mol. The smallest absolute Gasteiger partial charge is 0.0714 e. The minimum Gasteiger partial charge on any atom is -0.310 e. The molecule has 1 aliphatic rings. The van der Waals surface area contributed by atoms with E-state index in [4.69, 9.17) is 26.0 Å². The average molecular weight is 885 g/mol. The van der Waals surface area contributed by atoms with Crippen molar-refractivity contribution in [2.45, 2.75) is 5.41 Å². The van der Waals surface area contributed by atoms with Gasteiger partial charge in [0.1, 0.15) is 0 Å². The normalized spacial score (nSPS) is 21.6. The van der Waals surface area contributed by atoms with E-state index in [-0.39, 0.29) is 9.60 Å². The lowest BCUT2D eigenvalue weighted by molar-refractivity contribution is 0.768. The lowest BCUT2D eigenvalue weighted by Crippen LogP contribution is -2.28. The molecule has 0 amide bonds. The number of rotatable bonds is 7. The largest absolute Gasteiger partial charge is 0.310 e. The number of hydrogen-bond acceptors (Lipinski definition) is 2. The maximum atomic E-state index is 10.8. The lowest BCUT2D eigenvalue weighted by Gasteiger charge is -2.35. The van der Waals surface area contributed by atoms with Crippen molar-refractivity contribution in [2.75, 3.05) is 4.90 Å². The molecular formula is C63H41NS. The molecule has 0 fully saturated rings. The van der Waals surface area contributed by atoms with E-state index >= 15 is 0 Å². The molecule has 0 saturated heterocycles. The first-order chi connectivity index (χ1) is 49.3.